The molecule has 1 amide bonds. The molecule has 5 heteroatoms. The minimum absolute atomic E-state index is 0.00725. The number of imidazole rings is 1. The Morgan fingerprint density at radius 2 is 1.74 bits per heavy atom. The molecular weight excluding hydrogens is 386 g/mol. The maximum atomic E-state index is 13.2. The molecule has 0 aliphatic rings. The van der Waals surface area contributed by atoms with Crippen molar-refractivity contribution in [3.05, 3.63) is 47.7 Å². The second-order valence-electron chi connectivity index (χ2n) is 10.3. The van der Waals surface area contributed by atoms with Gasteiger partial charge in [0, 0.05) is 23.7 Å². The van der Waals surface area contributed by atoms with Gasteiger partial charge in [0.25, 0.3) is 0 Å². The number of anilines is 1. The van der Waals surface area contributed by atoms with Gasteiger partial charge >= 0.3 is 0 Å². The summed E-state index contributed by atoms with van der Waals surface area (Å²) in [6.07, 6.45) is 0.836. The van der Waals surface area contributed by atoms with Gasteiger partial charge in [0.2, 0.25) is 5.91 Å². The van der Waals surface area contributed by atoms with E-state index in [1.807, 2.05) is 29.2 Å². The van der Waals surface area contributed by atoms with Crippen molar-refractivity contribution >= 4 is 17.4 Å². The second-order valence-corrected chi connectivity index (χ2v) is 10.3. The summed E-state index contributed by atoms with van der Waals surface area (Å²) in [5, 5.41) is 0. The van der Waals surface area contributed by atoms with Crippen LogP contribution in [0.3, 0.4) is 0 Å². The molecule has 166 valence electrons. The van der Waals surface area contributed by atoms with Gasteiger partial charge in [0.1, 0.15) is 22.9 Å². The van der Waals surface area contributed by atoms with Gasteiger partial charge in [0.15, 0.2) is 0 Å². The number of para-hydroxylation sites is 1. The number of benzene rings is 1. The van der Waals surface area contributed by atoms with Crippen LogP contribution in [-0.2, 0) is 4.79 Å². The van der Waals surface area contributed by atoms with Crippen molar-refractivity contribution < 1.29 is 9.53 Å². The summed E-state index contributed by atoms with van der Waals surface area (Å²) in [4.78, 5) is 20.1. The molecule has 2 heterocycles. The quantitative estimate of drug-likeness (QED) is 0.493. The Hall–Kier alpha value is -2.82. The van der Waals surface area contributed by atoms with Crippen molar-refractivity contribution in [1.82, 2.24) is 9.38 Å². The standard InChI is InChI=1S/C26H35N3O2/c1-17-14-18(2)28-22(15-17)27-23(20-12-10-11-13-21(20)31-9)24(28)29(19(3)30)26(7,8)16-25(4,5)6/h10-15H,16H2,1-9H3. The lowest BCUT2D eigenvalue weighted by Crippen LogP contribution is -2.50. The minimum atomic E-state index is -0.422. The summed E-state index contributed by atoms with van der Waals surface area (Å²) in [7, 11) is 1.66. The van der Waals surface area contributed by atoms with Crippen LogP contribution in [0.1, 0.15) is 59.2 Å². The number of aromatic nitrogens is 2. The highest BCUT2D eigenvalue weighted by Gasteiger charge is 2.38. The van der Waals surface area contributed by atoms with Gasteiger partial charge in [-0.15, -0.1) is 0 Å². The number of amides is 1. The van der Waals surface area contributed by atoms with Crippen LogP contribution in [0.4, 0.5) is 5.82 Å². The molecule has 3 rings (SSSR count). The summed E-state index contributed by atoms with van der Waals surface area (Å²) in [5.41, 5.74) is 4.25. The molecule has 0 fully saturated rings. The largest absolute Gasteiger partial charge is 0.496 e. The van der Waals surface area contributed by atoms with Crippen molar-refractivity contribution in [2.24, 2.45) is 5.41 Å². The lowest BCUT2D eigenvalue weighted by atomic mass is 9.80. The van der Waals surface area contributed by atoms with Crippen LogP contribution in [0, 0.1) is 19.3 Å². The fraction of sp³-hybridized carbons (Fsp3) is 0.462. The van der Waals surface area contributed by atoms with E-state index in [0.29, 0.717) is 0 Å². The van der Waals surface area contributed by atoms with E-state index < -0.39 is 5.54 Å². The number of carbonyl (C=O) groups is 1. The number of rotatable bonds is 5. The van der Waals surface area contributed by atoms with E-state index in [1.54, 1.807) is 14.0 Å². The van der Waals surface area contributed by atoms with E-state index in [-0.39, 0.29) is 11.3 Å². The summed E-state index contributed by atoms with van der Waals surface area (Å²) in [6, 6.07) is 12.0. The van der Waals surface area contributed by atoms with Gasteiger partial charge in [-0.2, -0.15) is 0 Å². The van der Waals surface area contributed by atoms with Gasteiger partial charge < -0.3 is 4.74 Å². The third kappa shape index (κ3) is 4.46. The average molecular weight is 422 g/mol. The maximum absolute atomic E-state index is 13.2. The fourth-order valence-electron chi connectivity index (χ4n) is 4.98. The monoisotopic (exact) mass is 421 g/mol. The molecule has 0 aliphatic heterocycles. The number of ether oxygens (including phenoxy) is 1. The lowest BCUT2D eigenvalue weighted by Gasteiger charge is -2.42. The number of hydrogen-bond donors (Lipinski definition) is 0. The van der Waals surface area contributed by atoms with Gasteiger partial charge in [0.05, 0.1) is 7.11 Å². The first kappa shape index (κ1) is 22.9. The molecule has 5 nitrogen and oxygen atoms in total. The van der Waals surface area contributed by atoms with Crippen LogP contribution < -0.4 is 9.64 Å². The first-order valence-electron chi connectivity index (χ1n) is 10.8. The summed E-state index contributed by atoms with van der Waals surface area (Å²) < 4.78 is 7.76. The Morgan fingerprint density at radius 3 is 2.32 bits per heavy atom. The second kappa shape index (κ2) is 8.03. The van der Waals surface area contributed by atoms with Crippen LogP contribution in [-0.4, -0.2) is 27.9 Å². The maximum Gasteiger partial charge on any atom is 0.225 e. The predicted octanol–water partition coefficient (Wildman–Crippen LogP) is 6.19. The number of hydrogen-bond acceptors (Lipinski definition) is 3. The lowest BCUT2D eigenvalue weighted by molar-refractivity contribution is -0.117. The molecule has 3 aromatic rings. The number of aryl methyl sites for hydroxylation is 2. The van der Waals surface area contributed by atoms with E-state index >= 15 is 0 Å². The zero-order valence-electron chi connectivity index (χ0n) is 20.3. The van der Waals surface area contributed by atoms with Crippen LogP contribution in [0.2, 0.25) is 0 Å². The van der Waals surface area contributed by atoms with E-state index in [4.69, 9.17) is 9.72 Å². The van der Waals surface area contributed by atoms with Gasteiger partial charge in [-0.25, -0.2) is 4.98 Å². The molecule has 0 atom stereocenters. The van der Waals surface area contributed by atoms with Crippen molar-refractivity contribution in [3.8, 4) is 17.0 Å². The number of methoxy groups -OCH3 is 1. The highest BCUT2D eigenvalue weighted by Crippen LogP contribution is 2.42. The van der Waals surface area contributed by atoms with Crippen molar-refractivity contribution in [2.75, 3.05) is 12.0 Å². The number of fused-ring (bicyclic) bond motifs is 1. The van der Waals surface area contributed by atoms with Crippen molar-refractivity contribution in [3.63, 3.8) is 0 Å². The van der Waals surface area contributed by atoms with Gasteiger partial charge in [-0.05, 0) is 69.4 Å². The zero-order valence-corrected chi connectivity index (χ0v) is 20.3. The first-order valence-corrected chi connectivity index (χ1v) is 10.8. The summed E-state index contributed by atoms with van der Waals surface area (Å²) in [6.45, 7) is 16.6. The third-order valence-electron chi connectivity index (χ3n) is 5.48. The number of pyridine rings is 1. The Kier molecular flexibility index (Phi) is 5.92. The van der Waals surface area contributed by atoms with Crippen molar-refractivity contribution in [2.45, 2.75) is 67.3 Å². The Bertz CT molecular complexity index is 1120. The molecule has 0 spiro atoms. The van der Waals surface area contributed by atoms with E-state index in [2.05, 4.69) is 65.0 Å². The Labute approximate surface area is 186 Å². The van der Waals surface area contributed by atoms with Crippen LogP contribution in [0.5, 0.6) is 5.75 Å². The van der Waals surface area contributed by atoms with Crippen LogP contribution in [0.15, 0.2) is 36.4 Å². The van der Waals surface area contributed by atoms with Gasteiger partial charge in [-0.1, -0.05) is 32.9 Å². The topological polar surface area (TPSA) is 46.8 Å². The number of carbonyl (C=O) groups excluding carboxylic acids is 1. The number of nitrogens with zero attached hydrogens (tertiary/aromatic N) is 3. The smallest absolute Gasteiger partial charge is 0.225 e. The fourth-order valence-corrected chi connectivity index (χ4v) is 4.98. The molecule has 0 saturated heterocycles. The van der Waals surface area contributed by atoms with Gasteiger partial charge in [-0.3, -0.25) is 14.1 Å². The zero-order chi connectivity index (χ0) is 23.1. The van der Waals surface area contributed by atoms with Crippen LogP contribution in [0.25, 0.3) is 16.9 Å². The molecule has 0 unspecified atom stereocenters. The van der Waals surface area contributed by atoms with Crippen molar-refractivity contribution in [1.29, 1.82) is 0 Å². The molecule has 0 bridgehead atoms. The molecule has 0 radical (unpaired) electrons. The molecule has 0 N–H and O–H groups in total. The first-order chi connectivity index (χ1) is 14.4. The molecule has 1 aromatic carbocycles. The molecule has 0 saturated carbocycles. The third-order valence-corrected chi connectivity index (χ3v) is 5.48. The molecule has 0 aliphatic carbocycles. The Morgan fingerprint density at radius 1 is 1.10 bits per heavy atom. The van der Waals surface area contributed by atoms with E-state index in [0.717, 1.165) is 46.2 Å². The normalized spacial score (nSPS) is 12.3. The SMILES string of the molecule is COc1ccccc1-c1nc2cc(C)cc(C)n2c1N(C(C)=O)C(C)(C)CC(C)(C)C. The highest BCUT2D eigenvalue weighted by molar-refractivity contribution is 5.97. The summed E-state index contributed by atoms with van der Waals surface area (Å²) in [5.74, 6) is 1.52. The van der Waals surface area contributed by atoms with Crippen LogP contribution >= 0.6 is 0 Å². The van der Waals surface area contributed by atoms with E-state index in [9.17, 15) is 4.79 Å². The summed E-state index contributed by atoms with van der Waals surface area (Å²) >= 11 is 0. The molecule has 31 heavy (non-hydrogen) atoms. The predicted molar refractivity (Wildman–Crippen MR) is 128 cm³/mol. The minimum Gasteiger partial charge on any atom is -0.496 e. The average Bonchev–Trinajstić information content (AvgIpc) is 2.97. The molecule has 2 aromatic heterocycles. The highest BCUT2D eigenvalue weighted by atomic mass is 16.5. The molecular formula is C26H35N3O2. The van der Waals surface area contributed by atoms with E-state index in [1.165, 1.54) is 0 Å². The Balaban J connectivity index is 2.42.